The molecule has 1 heterocycles. The summed E-state index contributed by atoms with van der Waals surface area (Å²) in [6, 6.07) is 14.9. The van der Waals surface area contributed by atoms with Crippen molar-refractivity contribution in [3.8, 4) is 0 Å². The van der Waals surface area contributed by atoms with Crippen molar-refractivity contribution in [2.45, 2.75) is 24.6 Å². The van der Waals surface area contributed by atoms with E-state index in [1.165, 1.54) is 27.7 Å². The van der Waals surface area contributed by atoms with Crippen LogP contribution in [0.2, 0.25) is 0 Å². The third-order valence-corrected chi connectivity index (χ3v) is 4.24. The highest BCUT2D eigenvalue weighted by Crippen LogP contribution is 2.16. The number of amides is 1. The molecule has 1 aliphatic heterocycles. The van der Waals surface area contributed by atoms with Gasteiger partial charge in [-0.05, 0) is 35.6 Å². The number of carbonyl (C=O) groups is 1. The van der Waals surface area contributed by atoms with E-state index >= 15 is 0 Å². The average Bonchev–Trinajstić information content (AvgIpc) is 2.55. The highest BCUT2D eigenvalue weighted by molar-refractivity contribution is 9.08. The first kappa shape index (κ1) is 15.8. The van der Waals surface area contributed by atoms with E-state index in [0.29, 0.717) is 0 Å². The average molecular weight is 350 g/mol. The van der Waals surface area contributed by atoms with Crippen molar-refractivity contribution in [1.29, 1.82) is 0 Å². The van der Waals surface area contributed by atoms with Gasteiger partial charge in [-0.1, -0.05) is 58.4 Å². The number of hydrogen-bond acceptors (Lipinski definition) is 1. The fourth-order valence-corrected chi connectivity index (χ4v) is 2.76. The fourth-order valence-electron chi connectivity index (χ4n) is 2.41. The number of benzene rings is 2. The summed E-state index contributed by atoms with van der Waals surface area (Å²) in [4.78, 5) is 11.8. The molecular formula is C17H20BrNO2. The molecule has 21 heavy (non-hydrogen) atoms. The van der Waals surface area contributed by atoms with Gasteiger partial charge >= 0.3 is 6.09 Å². The zero-order valence-electron chi connectivity index (χ0n) is 12.0. The van der Waals surface area contributed by atoms with Crippen molar-refractivity contribution in [1.82, 2.24) is 4.90 Å². The van der Waals surface area contributed by atoms with E-state index < -0.39 is 6.09 Å². The molecule has 1 fully saturated rings. The van der Waals surface area contributed by atoms with E-state index in [1.54, 1.807) is 0 Å². The van der Waals surface area contributed by atoms with Gasteiger partial charge in [0.2, 0.25) is 0 Å². The zero-order valence-corrected chi connectivity index (χ0v) is 13.6. The van der Waals surface area contributed by atoms with Gasteiger partial charge in [0.25, 0.3) is 0 Å². The number of carboxylic acid groups (broad SMARTS) is 1. The van der Waals surface area contributed by atoms with Crippen molar-refractivity contribution in [2.24, 2.45) is 0 Å². The molecule has 1 saturated heterocycles. The summed E-state index contributed by atoms with van der Waals surface area (Å²) in [5.41, 5.74) is 1.33. The maximum atomic E-state index is 10.3. The lowest BCUT2D eigenvalue weighted by atomic mass is 10.1. The predicted octanol–water partition coefficient (Wildman–Crippen LogP) is 4.89. The second-order valence-electron chi connectivity index (χ2n) is 5.15. The molecule has 1 amide bonds. The van der Waals surface area contributed by atoms with Crippen LogP contribution < -0.4 is 0 Å². The maximum Gasteiger partial charge on any atom is 0.407 e. The van der Waals surface area contributed by atoms with Crippen LogP contribution >= 0.6 is 15.9 Å². The first-order chi connectivity index (χ1) is 10.2. The summed E-state index contributed by atoms with van der Waals surface area (Å²) in [5, 5.41) is 12.0. The van der Waals surface area contributed by atoms with Crippen molar-refractivity contribution in [3.05, 3.63) is 48.0 Å². The van der Waals surface area contributed by atoms with Gasteiger partial charge in [-0.3, -0.25) is 0 Å². The van der Waals surface area contributed by atoms with E-state index in [1.807, 2.05) is 0 Å². The third-order valence-electron chi connectivity index (χ3n) is 3.59. The Morgan fingerprint density at radius 1 is 1.05 bits per heavy atom. The van der Waals surface area contributed by atoms with Crippen LogP contribution in [0, 0.1) is 0 Å². The molecule has 0 atom stereocenters. The number of piperidine rings is 1. The molecule has 0 unspecified atom stereocenters. The van der Waals surface area contributed by atoms with Gasteiger partial charge in [0, 0.05) is 18.4 Å². The summed E-state index contributed by atoms with van der Waals surface area (Å²) >= 11 is 3.44. The molecule has 1 aliphatic rings. The molecule has 0 spiro atoms. The van der Waals surface area contributed by atoms with E-state index in [4.69, 9.17) is 5.11 Å². The third kappa shape index (κ3) is 4.74. The quantitative estimate of drug-likeness (QED) is 0.745. The molecule has 3 nitrogen and oxygen atoms in total. The van der Waals surface area contributed by atoms with Crippen LogP contribution in [0.5, 0.6) is 0 Å². The highest BCUT2D eigenvalue weighted by atomic mass is 79.9. The summed E-state index contributed by atoms with van der Waals surface area (Å²) in [7, 11) is 0. The van der Waals surface area contributed by atoms with Gasteiger partial charge in [-0.2, -0.15) is 0 Å². The minimum Gasteiger partial charge on any atom is -0.465 e. The number of alkyl halides is 1. The smallest absolute Gasteiger partial charge is 0.407 e. The molecule has 2 aromatic rings. The number of halogens is 1. The van der Waals surface area contributed by atoms with E-state index in [0.717, 1.165) is 31.3 Å². The lowest BCUT2D eigenvalue weighted by molar-refractivity contribution is 0.136. The van der Waals surface area contributed by atoms with Crippen LogP contribution in [-0.2, 0) is 5.33 Å². The number of nitrogens with zero attached hydrogens (tertiary/aromatic N) is 1. The topological polar surface area (TPSA) is 40.5 Å². The van der Waals surface area contributed by atoms with E-state index in [-0.39, 0.29) is 0 Å². The number of hydrogen-bond donors (Lipinski definition) is 1. The Bertz CT molecular complexity index is 594. The summed E-state index contributed by atoms with van der Waals surface area (Å²) in [6.45, 7) is 1.46. The zero-order chi connectivity index (χ0) is 15.1. The van der Waals surface area contributed by atoms with Crippen molar-refractivity contribution < 1.29 is 9.90 Å². The van der Waals surface area contributed by atoms with Crippen LogP contribution in [0.3, 0.4) is 0 Å². The Morgan fingerprint density at radius 2 is 1.71 bits per heavy atom. The van der Waals surface area contributed by atoms with E-state index in [2.05, 4.69) is 58.4 Å². The van der Waals surface area contributed by atoms with Gasteiger partial charge in [0.15, 0.2) is 0 Å². The Kier molecular flexibility index (Phi) is 6.05. The molecule has 2 aromatic carbocycles. The Labute approximate surface area is 133 Å². The van der Waals surface area contributed by atoms with Crippen molar-refractivity contribution in [3.63, 3.8) is 0 Å². The second-order valence-corrected chi connectivity index (χ2v) is 5.71. The normalized spacial score (nSPS) is 14.4. The predicted molar refractivity (Wildman–Crippen MR) is 90.0 cm³/mol. The SMILES string of the molecule is BrCc1ccc2ccccc2c1.O=C(O)N1CCCCC1. The highest BCUT2D eigenvalue weighted by Gasteiger charge is 2.13. The lowest BCUT2D eigenvalue weighted by Gasteiger charge is -2.22. The Balaban J connectivity index is 0.000000161. The second kappa shape index (κ2) is 8.03. The molecule has 0 aromatic heterocycles. The molecule has 4 heteroatoms. The minimum absolute atomic E-state index is 0.731. The molecule has 0 saturated carbocycles. The molecule has 112 valence electrons. The van der Waals surface area contributed by atoms with Crippen molar-refractivity contribution in [2.75, 3.05) is 13.1 Å². The van der Waals surface area contributed by atoms with Gasteiger partial charge in [-0.25, -0.2) is 4.79 Å². The molecule has 1 N–H and O–H groups in total. The standard InChI is InChI=1S/C11H9Br.C6H11NO2/c12-8-9-5-6-10-3-1-2-4-11(10)7-9;8-6(9)7-4-2-1-3-5-7/h1-7H,8H2;1-5H2,(H,8,9). The van der Waals surface area contributed by atoms with Gasteiger partial charge in [0.1, 0.15) is 0 Å². The summed E-state index contributed by atoms with van der Waals surface area (Å²) < 4.78 is 0. The molecule has 3 rings (SSSR count). The lowest BCUT2D eigenvalue weighted by Crippen LogP contribution is -2.34. The number of likely N-dealkylation sites (tertiary alicyclic amines) is 1. The molecule has 0 aliphatic carbocycles. The molecular weight excluding hydrogens is 330 g/mol. The Morgan fingerprint density at radius 3 is 2.29 bits per heavy atom. The first-order valence-electron chi connectivity index (χ1n) is 7.22. The molecule has 0 radical (unpaired) electrons. The van der Waals surface area contributed by atoms with Gasteiger partial charge in [0.05, 0.1) is 0 Å². The largest absolute Gasteiger partial charge is 0.465 e. The van der Waals surface area contributed by atoms with Crippen LogP contribution in [0.25, 0.3) is 10.8 Å². The number of fused-ring (bicyclic) bond motifs is 1. The maximum absolute atomic E-state index is 10.3. The van der Waals surface area contributed by atoms with E-state index in [9.17, 15) is 4.79 Å². The minimum atomic E-state index is -0.769. The summed E-state index contributed by atoms with van der Waals surface area (Å²) in [6.07, 6.45) is 2.48. The number of rotatable bonds is 1. The molecule has 0 bridgehead atoms. The first-order valence-corrected chi connectivity index (χ1v) is 8.34. The fraction of sp³-hybridized carbons (Fsp3) is 0.353. The van der Waals surface area contributed by atoms with Gasteiger partial charge in [-0.15, -0.1) is 0 Å². The van der Waals surface area contributed by atoms with Crippen molar-refractivity contribution >= 4 is 32.8 Å². The van der Waals surface area contributed by atoms with Crippen LogP contribution in [0.1, 0.15) is 24.8 Å². The van der Waals surface area contributed by atoms with Gasteiger partial charge < -0.3 is 10.0 Å². The monoisotopic (exact) mass is 349 g/mol. The van der Waals surface area contributed by atoms with Crippen LogP contribution in [-0.4, -0.2) is 29.2 Å². The Hall–Kier alpha value is -1.55. The van der Waals surface area contributed by atoms with Crippen LogP contribution in [0.15, 0.2) is 42.5 Å². The summed E-state index contributed by atoms with van der Waals surface area (Å²) in [5.74, 6) is 0. The van der Waals surface area contributed by atoms with Crippen LogP contribution in [0.4, 0.5) is 4.79 Å².